The van der Waals surface area contributed by atoms with Crippen LogP contribution in [0, 0.1) is 0 Å². The molecule has 1 saturated heterocycles. The van der Waals surface area contributed by atoms with E-state index in [1.54, 1.807) is 0 Å². The number of anilines is 1. The van der Waals surface area contributed by atoms with Gasteiger partial charge in [-0.25, -0.2) is 9.78 Å². The van der Waals surface area contributed by atoms with Crippen molar-refractivity contribution in [1.29, 1.82) is 0 Å². The topological polar surface area (TPSA) is 147 Å². The minimum Gasteiger partial charge on any atom is -0.477 e. The minimum atomic E-state index is -1.19. The molecule has 2 amide bonds. The van der Waals surface area contributed by atoms with Gasteiger partial charge in [-0.1, -0.05) is 16.5 Å². The maximum absolute atomic E-state index is 12.7. The summed E-state index contributed by atoms with van der Waals surface area (Å²) >= 11 is 5.75. The Hall–Kier alpha value is -1.83. The molecule has 0 radical (unpaired) electrons. The molecule has 1 aromatic rings. The molecule has 4 N–H and O–H groups in total. The van der Waals surface area contributed by atoms with E-state index in [1.165, 1.54) is 29.8 Å². The summed E-state index contributed by atoms with van der Waals surface area (Å²) in [6.45, 7) is 1.82. The molecule has 152 valence electrons. The molecule has 0 aliphatic carbocycles. The van der Waals surface area contributed by atoms with Gasteiger partial charge in [-0.2, -0.15) is 0 Å². The molecule has 1 fully saturated rings. The zero-order valence-electron chi connectivity index (χ0n) is 14.4. The summed E-state index contributed by atoms with van der Waals surface area (Å²) in [6, 6.07) is -0.884. The largest absolute Gasteiger partial charge is 0.477 e. The number of β-lactam (4-membered cyclic amide) rings is 1. The number of carboxylic acids is 1. The van der Waals surface area contributed by atoms with Gasteiger partial charge in [0.15, 0.2) is 10.8 Å². The summed E-state index contributed by atoms with van der Waals surface area (Å²) in [7, 11) is 1.27. The van der Waals surface area contributed by atoms with Crippen LogP contribution in [0.3, 0.4) is 0 Å². The van der Waals surface area contributed by atoms with Crippen LogP contribution in [0.2, 0.25) is 0 Å². The summed E-state index contributed by atoms with van der Waals surface area (Å²) in [4.78, 5) is 46.4. The van der Waals surface area contributed by atoms with Gasteiger partial charge in [0.05, 0.1) is 0 Å². The second-order valence-electron chi connectivity index (χ2n) is 5.55. The van der Waals surface area contributed by atoms with Crippen molar-refractivity contribution in [3.63, 3.8) is 0 Å². The predicted molar refractivity (Wildman–Crippen MR) is 110 cm³/mol. The highest BCUT2D eigenvalue weighted by Gasteiger charge is 2.54. The highest BCUT2D eigenvalue weighted by atomic mass is 79.9. The molecule has 0 bridgehead atoms. The third-order valence-corrected chi connectivity index (χ3v) is 6.64. The number of amides is 2. The van der Waals surface area contributed by atoms with Crippen molar-refractivity contribution in [1.82, 2.24) is 15.2 Å². The molecule has 28 heavy (non-hydrogen) atoms. The van der Waals surface area contributed by atoms with Gasteiger partial charge >= 0.3 is 5.97 Å². The Balaban J connectivity index is 0.00000280. The van der Waals surface area contributed by atoms with Gasteiger partial charge in [0.1, 0.15) is 33.7 Å². The number of aliphatic carboxylic acids is 1. The summed E-state index contributed by atoms with van der Waals surface area (Å²) < 4.78 is 0.490. The number of carbonyl (C=O) groups is 3. The van der Waals surface area contributed by atoms with Crippen LogP contribution in [0.5, 0.6) is 0 Å². The Labute approximate surface area is 182 Å². The molecule has 2 aliphatic heterocycles. The number of rotatable bonds is 5. The fraction of sp³-hybridized carbons (Fsp3) is 0.357. The van der Waals surface area contributed by atoms with E-state index >= 15 is 0 Å². The van der Waals surface area contributed by atoms with Gasteiger partial charge in [0.25, 0.3) is 11.8 Å². The van der Waals surface area contributed by atoms with E-state index in [4.69, 9.17) is 10.6 Å². The fourth-order valence-corrected chi connectivity index (χ4v) is 5.35. The Morgan fingerprint density at radius 2 is 2.18 bits per heavy atom. The van der Waals surface area contributed by atoms with Crippen LogP contribution >= 0.6 is 51.4 Å². The number of nitrogen functional groups attached to an aromatic ring is 1. The van der Waals surface area contributed by atoms with E-state index in [9.17, 15) is 19.5 Å². The number of carbonyl (C=O) groups excluding carboxylic acids is 2. The van der Waals surface area contributed by atoms with Crippen molar-refractivity contribution in [2.45, 2.75) is 23.6 Å². The lowest BCUT2D eigenvalue weighted by Gasteiger charge is -2.49. The number of halogens is 2. The van der Waals surface area contributed by atoms with Crippen molar-refractivity contribution in [2.24, 2.45) is 5.16 Å². The Morgan fingerprint density at radius 3 is 2.71 bits per heavy atom. The van der Waals surface area contributed by atoms with Gasteiger partial charge in [-0.3, -0.25) is 14.5 Å². The first-order chi connectivity index (χ1) is 12.7. The van der Waals surface area contributed by atoms with E-state index in [2.05, 4.69) is 31.4 Å². The van der Waals surface area contributed by atoms with Gasteiger partial charge in [-0.15, -0.1) is 24.2 Å². The Morgan fingerprint density at radius 1 is 1.50 bits per heavy atom. The number of thiazole rings is 1. The first-order valence-corrected chi connectivity index (χ1v) is 10.1. The maximum Gasteiger partial charge on any atom is 0.352 e. The first-order valence-electron chi connectivity index (χ1n) is 7.52. The third kappa shape index (κ3) is 3.97. The molecule has 10 nitrogen and oxygen atoms in total. The highest BCUT2D eigenvalue weighted by molar-refractivity contribution is 9.11. The lowest BCUT2D eigenvalue weighted by atomic mass is 10.0. The third-order valence-electron chi connectivity index (χ3n) is 3.78. The zero-order valence-corrected chi connectivity index (χ0v) is 18.4. The molecule has 0 aromatic carbocycles. The molecule has 14 heteroatoms. The van der Waals surface area contributed by atoms with Crippen molar-refractivity contribution in [2.75, 3.05) is 12.8 Å². The molecule has 3 heterocycles. The van der Waals surface area contributed by atoms with Gasteiger partial charge in [0.2, 0.25) is 0 Å². The van der Waals surface area contributed by atoms with E-state index in [0.717, 1.165) is 11.3 Å². The number of nitrogens with one attached hydrogen (secondary N) is 1. The Bertz CT molecular complexity index is 891. The number of hydrogen-bond donors (Lipinski definition) is 3. The molecular formula is C14H15BrClN5O5S2. The van der Waals surface area contributed by atoms with E-state index in [0.29, 0.717) is 3.79 Å². The van der Waals surface area contributed by atoms with E-state index < -0.39 is 29.2 Å². The number of fused-ring (bicyclic) bond motifs is 1. The maximum atomic E-state index is 12.7. The standard InChI is InChI=1S/C14H14BrN5O5S2.ClH/c1-4-3-5(13(23)24)20-11(22)8(12(20)26-4)17-10(21)7(19-25-2)6-9(15)27-14(16)18-6;/h3-4,8,12H,1-2H3,(H2,16,18)(H,17,21)(H,23,24);1H/t4?,8?,12-;/m0./s1. The lowest BCUT2D eigenvalue weighted by Crippen LogP contribution is -2.71. The molecule has 3 rings (SSSR count). The van der Waals surface area contributed by atoms with Crippen molar-refractivity contribution < 1.29 is 24.3 Å². The van der Waals surface area contributed by atoms with E-state index in [1.807, 2.05) is 6.92 Å². The monoisotopic (exact) mass is 511 g/mol. The quantitative estimate of drug-likeness (QED) is 0.301. The lowest BCUT2D eigenvalue weighted by molar-refractivity contribution is -0.150. The molecule has 0 spiro atoms. The normalized spacial score (nSPS) is 23.8. The molecule has 1 aromatic heterocycles. The van der Waals surface area contributed by atoms with Crippen LogP contribution < -0.4 is 11.1 Å². The van der Waals surface area contributed by atoms with Crippen LogP contribution in [-0.2, 0) is 19.2 Å². The number of oxime groups is 1. The van der Waals surface area contributed by atoms with Crippen molar-refractivity contribution in [3.8, 4) is 0 Å². The average Bonchev–Trinajstić information content (AvgIpc) is 2.94. The highest BCUT2D eigenvalue weighted by Crippen LogP contribution is 2.40. The van der Waals surface area contributed by atoms with Gasteiger partial charge in [0, 0.05) is 5.25 Å². The number of nitrogens with zero attached hydrogens (tertiary/aromatic N) is 3. The number of nitrogens with two attached hydrogens (primary N) is 1. The van der Waals surface area contributed by atoms with Gasteiger partial charge in [-0.05, 0) is 28.9 Å². The predicted octanol–water partition coefficient (Wildman–Crippen LogP) is 1.02. The number of hydrogen-bond acceptors (Lipinski definition) is 9. The molecule has 2 unspecified atom stereocenters. The van der Waals surface area contributed by atoms with Crippen LogP contribution in [0.15, 0.2) is 20.7 Å². The van der Waals surface area contributed by atoms with Gasteiger partial charge < -0.3 is 21.0 Å². The summed E-state index contributed by atoms with van der Waals surface area (Å²) in [5.41, 5.74) is 5.61. The second kappa shape index (κ2) is 8.68. The molecular weight excluding hydrogens is 498 g/mol. The second-order valence-corrected chi connectivity index (χ2v) is 9.39. The Kier molecular flexibility index (Phi) is 6.96. The number of carboxylic acid groups (broad SMARTS) is 1. The smallest absolute Gasteiger partial charge is 0.352 e. The van der Waals surface area contributed by atoms with Crippen molar-refractivity contribution >= 4 is 80.1 Å². The first kappa shape index (κ1) is 22.5. The summed E-state index contributed by atoms with van der Waals surface area (Å²) in [5, 5.41) is 15.2. The molecule has 0 saturated carbocycles. The number of thioether (sulfide) groups is 1. The summed E-state index contributed by atoms with van der Waals surface area (Å²) in [6.07, 6.45) is 1.51. The zero-order chi connectivity index (χ0) is 19.9. The number of aromatic nitrogens is 1. The van der Waals surface area contributed by atoms with E-state index in [-0.39, 0.29) is 39.9 Å². The average molecular weight is 513 g/mol. The molecule has 2 aliphatic rings. The van der Waals surface area contributed by atoms with Crippen LogP contribution in [-0.4, -0.2) is 62.3 Å². The fourth-order valence-electron chi connectivity index (χ4n) is 2.68. The van der Waals surface area contributed by atoms with Crippen LogP contribution in [0.1, 0.15) is 12.6 Å². The SMILES string of the molecule is CON=C(C(=O)NC1C(=O)N2C(C(=O)O)=CC(C)S[C@@H]12)c1nc(N)sc1Br.Cl. The van der Waals surface area contributed by atoms with Crippen LogP contribution in [0.25, 0.3) is 0 Å². The molecule has 3 atom stereocenters. The minimum absolute atomic E-state index is 0. The van der Waals surface area contributed by atoms with Crippen LogP contribution in [0.4, 0.5) is 5.13 Å². The van der Waals surface area contributed by atoms with Crippen molar-refractivity contribution in [3.05, 3.63) is 21.3 Å². The summed E-state index contributed by atoms with van der Waals surface area (Å²) in [5.74, 6) is -2.37.